The van der Waals surface area contributed by atoms with Crippen LogP contribution in [-0.2, 0) is 11.2 Å². The van der Waals surface area contributed by atoms with Crippen molar-refractivity contribution in [2.45, 2.75) is 45.1 Å². The van der Waals surface area contributed by atoms with E-state index in [9.17, 15) is 4.79 Å². The number of nitrogens with zero attached hydrogens (tertiary/aromatic N) is 2. The van der Waals surface area contributed by atoms with Crippen LogP contribution in [0.4, 0.5) is 0 Å². The number of carbonyl (C=O) groups excluding carboxylic acids is 1. The first kappa shape index (κ1) is 17.9. The van der Waals surface area contributed by atoms with Crippen LogP contribution in [0.15, 0.2) is 22.7 Å². The van der Waals surface area contributed by atoms with Crippen molar-refractivity contribution >= 4 is 5.91 Å². The summed E-state index contributed by atoms with van der Waals surface area (Å²) in [5.41, 5.74) is 2.99. The zero-order valence-electron chi connectivity index (χ0n) is 16.2. The van der Waals surface area contributed by atoms with Gasteiger partial charge in [0.2, 0.25) is 5.91 Å². The molecule has 1 fully saturated rings. The van der Waals surface area contributed by atoms with Gasteiger partial charge in [0.1, 0.15) is 6.04 Å². The van der Waals surface area contributed by atoms with E-state index in [0.717, 1.165) is 48.9 Å². The summed E-state index contributed by atoms with van der Waals surface area (Å²) in [6.07, 6.45) is 5.03. The molecule has 27 heavy (non-hydrogen) atoms. The third kappa shape index (κ3) is 3.17. The number of fused-ring (bicyclic) bond motifs is 1. The van der Waals surface area contributed by atoms with Crippen molar-refractivity contribution in [1.29, 1.82) is 0 Å². The highest BCUT2D eigenvalue weighted by atomic mass is 16.5. The Morgan fingerprint density at radius 1 is 1.15 bits per heavy atom. The Morgan fingerprint density at radius 2 is 1.85 bits per heavy atom. The molecule has 1 aliphatic carbocycles. The molecule has 1 aliphatic heterocycles. The van der Waals surface area contributed by atoms with Crippen molar-refractivity contribution < 1.29 is 18.8 Å². The molecule has 144 valence electrons. The van der Waals surface area contributed by atoms with Crippen LogP contribution in [0.5, 0.6) is 11.5 Å². The molecular formula is C21H26N2O4. The Labute approximate surface area is 159 Å². The van der Waals surface area contributed by atoms with E-state index < -0.39 is 0 Å². The van der Waals surface area contributed by atoms with Crippen LogP contribution in [0.3, 0.4) is 0 Å². The Bertz CT molecular complexity index is 839. The normalized spacial score (nSPS) is 19.8. The van der Waals surface area contributed by atoms with Gasteiger partial charge < -0.3 is 18.9 Å². The van der Waals surface area contributed by atoms with E-state index in [4.69, 9.17) is 14.0 Å². The third-order valence-electron chi connectivity index (χ3n) is 5.78. The van der Waals surface area contributed by atoms with Gasteiger partial charge in [0.05, 0.1) is 19.9 Å². The van der Waals surface area contributed by atoms with Crippen molar-refractivity contribution in [2.24, 2.45) is 5.92 Å². The van der Waals surface area contributed by atoms with Gasteiger partial charge in [-0.1, -0.05) is 18.0 Å². The number of aromatic nitrogens is 1. The fraction of sp³-hybridized carbons (Fsp3) is 0.524. The topological polar surface area (TPSA) is 64.8 Å². The van der Waals surface area contributed by atoms with Crippen LogP contribution in [0, 0.1) is 12.8 Å². The van der Waals surface area contributed by atoms with Crippen molar-refractivity contribution in [3.8, 4) is 11.5 Å². The van der Waals surface area contributed by atoms with Crippen molar-refractivity contribution in [1.82, 2.24) is 10.1 Å². The molecule has 0 radical (unpaired) electrons. The average molecular weight is 370 g/mol. The zero-order valence-corrected chi connectivity index (χ0v) is 16.2. The molecule has 0 N–H and O–H groups in total. The lowest BCUT2D eigenvalue weighted by atomic mass is 9.89. The lowest BCUT2D eigenvalue weighted by Gasteiger charge is -2.37. The summed E-state index contributed by atoms with van der Waals surface area (Å²) in [5.74, 6) is 2.42. The van der Waals surface area contributed by atoms with Crippen LogP contribution in [0.1, 0.15) is 54.3 Å². The summed E-state index contributed by atoms with van der Waals surface area (Å²) in [4.78, 5) is 15.3. The maximum Gasteiger partial charge on any atom is 0.226 e. The highest BCUT2D eigenvalue weighted by Gasteiger charge is 2.38. The molecule has 2 aliphatic rings. The number of ether oxygens (including phenoxy) is 2. The predicted octanol–water partition coefficient (Wildman–Crippen LogP) is 3.66. The van der Waals surface area contributed by atoms with Crippen LogP contribution in [0.2, 0.25) is 0 Å². The molecule has 2 heterocycles. The van der Waals surface area contributed by atoms with Crippen LogP contribution >= 0.6 is 0 Å². The van der Waals surface area contributed by atoms with Crippen LogP contribution in [-0.4, -0.2) is 36.7 Å². The Balaban J connectivity index is 1.79. The first-order valence-electron chi connectivity index (χ1n) is 9.61. The van der Waals surface area contributed by atoms with E-state index in [1.807, 2.05) is 30.0 Å². The standard InChI is InChI=1S/C21H26N2O4/c1-13-10-19(27-22-13)20-16-12-18(26-3)17(25-2)11-15(16)8-9-23(20)21(24)14-6-4-5-7-14/h10-12,14,20H,4-9H2,1-3H3/t20-/m0/s1. The predicted molar refractivity (Wildman–Crippen MR) is 100 cm³/mol. The second-order valence-corrected chi connectivity index (χ2v) is 7.44. The molecule has 0 saturated heterocycles. The fourth-order valence-electron chi connectivity index (χ4n) is 4.41. The summed E-state index contributed by atoms with van der Waals surface area (Å²) in [7, 11) is 3.27. The lowest BCUT2D eigenvalue weighted by Crippen LogP contribution is -2.43. The minimum absolute atomic E-state index is 0.123. The molecule has 1 aromatic carbocycles. The van der Waals surface area contributed by atoms with Gasteiger partial charge in [-0.05, 0) is 49.4 Å². The van der Waals surface area contributed by atoms with Gasteiger partial charge in [-0.25, -0.2) is 0 Å². The summed E-state index contributed by atoms with van der Waals surface area (Å²) in [6.45, 7) is 2.57. The number of carbonyl (C=O) groups is 1. The molecule has 1 aromatic heterocycles. The van der Waals surface area contributed by atoms with E-state index in [-0.39, 0.29) is 17.9 Å². The van der Waals surface area contributed by atoms with E-state index >= 15 is 0 Å². The number of hydrogen-bond donors (Lipinski definition) is 0. The summed E-state index contributed by atoms with van der Waals surface area (Å²) in [6, 6.07) is 5.64. The average Bonchev–Trinajstić information content (AvgIpc) is 3.37. The van der Waals surface area contributed by atoms with Crippen LogP contribution < -0.4 is 9.47 Å². The molecule has 0 unspecified atom stereocenters. The van der Waals surface area contributed by atoms with Crippen LogP contribution in [0.25, 0.3) is 0 Å². The van der Waals surface area contributed by atoms with Gasteiger partial charge in [0.25, 0.3) is 0 Å². The number of benzene rings is 1. The highest BCUT2D eigenvalue weighted by Crippen LogP contribution is 2.42. The molecule has 2 aromatic rings. The quantitative estimate of drug-likeness (QED) is 0.822. The zero-order chi connectivity index (χ0) is 19.0. The third-order valence-corrected chi connectivity index (χ3v) is 5.78. The Kier molecular flexibility index (Phi) is 4.81. The fourth-order valence-corrected chi connectivity index (χ4v) is 4.41. The van der Waals surface area contributed by atoms with Gasteiger partial charge in [0, 0.05) is 18.5 Å². The van der Waals surface area contributed by atoms with E-state index in [2.05, 4.69) is 5.16 Å². The molecule has 6 nitrogen and oxygen atoms in total. The molecule has 6 heteroatoms. The number of amides is 1. The highest BCUT2D eigenvalue weighted by molar-refractivity contribution is 5.80. The first-order chi connectivity index (χ1) is 13.1. The second-order valence-electron chi connectivity index (χ2n) is 7.44. The number of aryl methyl sites for hydroxylation is 1. The second kappa shape index (κ2) is 7.25. The number of hydrogen-bond acceptors (Lipinski definition) is 5. The molecule has 1 amide bonds. The van der Waals surface area contributed by atoms with Gasteiger partial charge in [0.15, 0.2) is 17.3 Å². The monoisotopic (exact) mass is 370 g/mol. The molecule has 0 bridgehead atoms. The molecule has 1 saturated carbocycles. The smallest absolute Gasteiger partial charge is 0.226 e. The van der Waals surface area contributed by atoms with Crippen molar-refractivity contribution in [3.05, 3.63) is 40.8 Å². The minimum atomic E-state index is -0.275. The Hall–Kier alpha value is -2.50. The van der Waals surface area contributed by atoms with Crippen molar-refractivity contribution in [2.75, 3.05) is 20.8 Å². The molecular weight excluding hydrogens is 344 g/mol. The molecule has 0 spiro atoms. The SMILES string of the molecule is COc1cc2c(cc1OC)[C@@H](c1cc(C)no1)N(C(=O)C1CCCC1)CC2. The summed E-state index contributed by atoms with van der Waals surface area (Å²) < 4.78 is 16.6. The number of rotatable bonds is 4. The molecule has 4 rings (SSSR count). The maximum atomic E-state index is 13.3. The Morgan fingerprint density at radius 3 is 2.48 bits per heavy atom. The largest absolute Gasteiger partial charge is 0.493 e. The summed E-state index contributed by atoms with van der Waals surface area (Å²) in [5, 5.41) is 4.06. The number of methoxy groups -OCH3 is 2. The maximum absolute atomic E-state index is 13.3. The summed E-state index contributed by atoms with van der Waals surface area (Å²) >= 11 is 0. The van der Waals surface area contributed by atoms with Gasteiger partial charge in [-0.15, -0.1) is 0 Å². The van der Waals surface area contributed by atoms with E-state index in [1.165, 1.54) is 0 Å². The van der Waals surface area contributed by atoms with E-state index in [1.54, 1.807) is 14.2 Å². The molecule has 1 atom stereocenters. The minimum Gasteiger partial charge on any atom is -0.493 e. The van der Waals surface area contributed by atoms with E-state index in [0.29, 0.717) is 23.8 Å². The van der Waals surface area contributed by atoms with Gasteiger partial charge >= 0.3 is 0 Å². The van der Waals surface area contributed by atoms with Gasteiger partial charge in [-0.2, -0.15) is 0 Å². The first-order valence-corrected chi connectivity index (χ1v) is 9.61. The lowest BCUT2D eigenvalue weighted by molar-refractivity contribution is -0.137. The van der Waals surface area contributed by atoms with Crippen molar-refractivity contribution in [3.63, 3.8) is 0 Å². The van der Waals surface area contributed by atoms with Gasteiger partial charge in [-0.3, -0.25) is 4.79 Å².